The standard InChI is InChI=1S/C18H26N4O3/c1-10(2)14-9-25-17(24)22(14)16(23)15(20-21-19)18-6-11-3-12(7-18)5-13(4-11)8-18/h10-15H,3-9H2,1-2H3/t11?,12?,13?,14-,15-,18?/m1/s1. The minimum absolute atomic E-state index is 0.110. The number of amides is 2. The molecule has 7 heteroatoms. The summed E-state index contributed by atoms with van der Waals surface area (Å²) < 4.78 is 5.14. The van der Waals surface area contributed by atoms with Crippen molar-refractivity contribution in [1.29, 1.82) is 0 Å². The molecule has 2 amide bonds. The Labute approximate surface area is 147 Å². The topological polar surface area (TPSA) is 95.4 Å². The Balaban J connectivity index is 1.66. The molecule has 0 radical (unpaired) electrons. The molecular formula is C18H26N4O3. The highest BCUT2D eigenvalue weighted by Gasteiger charge is 2.57. The molecule has 1 aliphatic heterocycles. The number of carbonyl (C=O) groups excluding carboxylic acids is 2. The number of imide groups is 1. The molecule has 0 aromatic carbocycles. The molecule has 0 spiro atoms. The van der Waals surface area contributed by atoms with Crippen LogP contribution in [-0.2, 0) is 9.53 Å². The summed E-state index contributed by atoms with van der Waals surface area (Å²) in [5.41, 5.74) is 8.88. The van der Waals surface area contributed by atoms with Crippen molar-refractivity contribution in [3.63, 3.8) is 0 Å². The second kappa shape index (κ2) is 5.90. The van der Waals surface area contributed by atoms with Crippen molar-refractivity contribution in [3.8, 4) is 0 Å². The van der Waals surface area contributed by atoms with E-state index in [4.69, 9.17) is 10.3 Å². The summed E-state index contributed by atoms with van der Waals surface area (Å²) in [7, 11) is 0. The predicted octanol–water partition coefficient (Wildman–Crippen LogP) is 3.89. The largest absolute Gasteiger partial charge is 0.447 e. The highest BCUT2D eigenvalue weighted by molar-refractivity contribution is 5.97. The van der Waals surface area contributed by atoms with Crippen LogP contribution in [0.15, 0.2) is 5.11 Å². The molecule has 1 saturated heterocycles. The van der Waals surface area contributed by atoms with Crippen molar-refractivity contribution in [2.45, 2.75) is 64.5 Å². The fraction of sp³-hybridized carbons (Fsp3) is 0.889. The Morgan fingerprint density at radius 3 is 2.28 bits per heavy atom. The van der Waals surface area contributed by atoms with E-state index in [2.05, 4.69) is 10.0 Å². The third kappa shape index (κ3) is 2.60. The SMILES string of the molecule is CC(C)[C@H]1COC(=O)N1C(=O)[C@@H](N=[N+]=[N-])C12CC3CC(CC(C3)C1)C2. The van der Waals surface area contributed by atoms with Gasteiger partial charge in [0.15, 0.2) is 0 Å². The maximum Gasteiger partial charge on any atom is 0.416 e. The predicted molar refractivity (Wildman–Crippen MR) is 90.4 cm³/mol. The number of ether oxygens (including phenoxy) is 1. The van der Waals surface area contributed by atoms with Crippen LogP contribution in [-0.4, -0.2) is 35.6 Å². The third-order valence-corrected chi connectivity index (χ3v) is 6.98. The molecule has 136 valence electrons. The summed E-state index contributed by atoms with van der Waals surface area (Å²) in [5, 5.41) is 3.97. The average molecular weight is 346 g/mol. The van der Waals surface area contributed by atoms with Gasteiger partial charge in [-0.05, 0) is 73.1 Å². The molecule has 4 aliphatic carbocycles. The Morgan fingerprint density at radius 2 is 1.80 bits per heavy atom. The van der Waals surface area contributed by atoms with Gasteiger partial charge in [-0.25, -0.2) is 9.69 Å². The number of rotatable bonds is 4. The van der Waals surface area contributed by atoms with E-state index >= 15 is 0 Å². The molecule has 25 heavy (non-hydrogen) atoms. The number of azide groups is 1. The fourth-order valence-electron chi connectivity index (χ4n) is 6.31. The van der Waals surface area contributed by atoms with Gasteiger partial charge < -0.3 is 4.74 Å². The smallest absolute Gasteiger partial charge is 0.416 e. The van der Waals surface area contributed by atoms with Crippen LogP contribution in [0.2, 0.25) is 0 Å². The van der Waals surface area contributed by atoms with Gasteiger partial charge in [-0.15, -0.1) is 0 Å². The molecule has 4 saturated carbocycles. The summed E-state index contributed by atoms with van der Waals surface area (Å²) in [6, 6.07) is -1.05. The minimum Gasteiger partial charge on any atom is -0.447 e. The van der Waals surface area contributed by atoms with Crippen LogP contribution < -0.4 is 0 Å². The monoisotopic (exact) mass is 346 g/mol. The van der Waals surface area contributed by atoms with E-state index in [0.717, 1.165) is 19.3 Å². The van der Waals surface area contributed by atoms with Gasteiger partial charge in [0.05, 0.1) is 6.04 Å². The van der Waals surface area contributed by atoms with Crippen molar-refractivity contribution in [2.24, 2.45) is 34.2 Å². The maximum atomic E-state index is 13.3. The van der Waals surface area contributed by atoms with Gasteiger partial charge in [0, 0.05) is 4.91 Å². The summed E-state index contributed by atoms with van der Waals surface area (Å²) in [4.78, 5) is 29.8. The van der Waals surface area contributed by atoms with Crippen LogP contribution in [0, 0.1) is 29.1 Å². The van der Waals surface area contributed by atoms with Crippen molar-refractivity contribution in [2.75, 3.05) is 6.61 Å². The third-order valence-electron chi connectivity index (χ3n) is 6.98. The molecule has 0 unspecified atom stereocenters. The normalized spacial score (nSPS) is 40.1. The zero-order valence-corrected chi connectivity index (χ0v) is 14.9. The zero-order valence-electron chi connectivity index (χ0n) is 14.9. The average Bonchev–Trinajstić information content (AvgIpc) is 2.92. The molecule has 0 aromatic rings. The van der Waals surface area contributed by atoms with Gasteiger partial charge in [0.2, 0.25) is 5.91 Å². The minimum atomic E-state index is -0.780. The number of carbonyl (C=O) groups is 2. The lowest BCUT2D eigenvalue weighted by Gasteiger charge is -2.58. The number of cyclic esters (lactones) is 1. The van der Waals surface area contributed by atoms with E-state index in [1.165, 1.54) is 24.2 Å². The van der Waals surface area contributed by atoms with Crippen molar-refractivity contribution in [1.82, 2.24) is 4.90 Å². The van der Waals surface area contributed by atoms with Crippen LogP contribution in [0.25, 0.3) is 10.4 Å². The van der Waals surface area contributed by atoms with Crippen LogP contribution >= 0.6 is 0 Å². The number of nitrogens with zero attached hydrogens (tertiary/aromatic N) is 4. The molecule has 5 rings (SSSR count). The molecule has 2 atom stereocenters. The van der Waals surface area contributed by atoms with Gasteiger partial charge in [-0.2, -0.15) is 0 Å². The first-order valence-electron chi connectivity index (χ1n) is 9.47. The maximum absolute atomic E-state index is 13.3. The highest BCUT2D eigenvalue weighted by Crippen LogP contribution is 2.62. The lowest BCUT2D eigenvalue weighted by Crippen LogP contribution is -2.57. The Morgan fingerprint density at radius 1 is 1.24 bits per heavy atom. The summed E-state index contributed by atoms with van der Waals surface area (Å²) in [5.74, 6) is 1.69. The van der Waals surface area contributed by atoms with Crippen LogP contribution in [0.5, 0.6) is 0 Å². The first-order chi connectivity index (χ1) is 11.9. The van der Waals surface area contributed by atoms with Crippen molar-refractivity contribution >= 4 is 12.0 Å². The molecule has 0 N–H and O–H groups in total. The lowest BCUT2D eigenvalue weighted by atomic mass is 9.47. The molecule has 5 aliphatic rings. The summed E-state index contributed by atoms with van der Waals surface area (Å²) in [6.07, 6.45) is 5.99. The number of hydrogen-bond acceptors (Lipinski definition) is 4. The molecule has 0 aromatic heterocycles. The Bertz CT molecular complexity index is 605. The Kier molecular flexibility index (Phi) is 3.95. The van der Waals surface area contributed by atoms with Gasteiger partial charge >= 0.3 is 6.09 Å². The van der Waals surface area contributed by atoms with E-state index in [1.54, 1.807) is 0 Å². The molecule has 4 bridgehead atoms. The second-order valence-electron chi connectivity index (χ2n) is 8.98. The quantitative estimate of drug-likeness (QED) is 0.439. The van der Waals surface area contributed by atoms with Gasteiger partial charge in [0.25, 0.3) is 0 Å². The number of hydrogen-bond donors (Lipinski definition) is 0. The lowest BCUT2D eigenvalue weighted by molar-refractivity contribution is -0.141. The van der Waals surface area contributed by atoms with E-state index < -0.39 is 12.1 Å². The molecule has 1 heterocycles. The molecule has 7 nitrogen and oxygen atoms in total. The van der Waals surface area contributed by atoms with Crippen LogP contribution in [0.4, 0.5) is 4.79 Å². The summed E-state index contributed by atoms with van der Waals surface area (Å²) in [6.45, 7) is 4.17. The van der Waals surface area contributed by atoms with E-state index in [-0.39, 0.29) is 29.9 Å². The van der Waals surface area contributed by atoms with Gasteiger partial charge in [-0.1, -0.05) is 19.0 Å². The molecule has 5 fully saturated rings. The second-order valence-corrected chi connectivity index (χ2v) is 8.98. The first-order valence-corrected chi connectivity index (χ1v) is 9.47. The van der Waals surface area contributed by atoms with E-state index in [9.17, 15) is 9.59 Å². The fourth-order valence-corrected chi connectivity index (χ4v) is 6.31. The zero-order chi connectivity index (χ0) is 17.8. The van der Waals surface area contributed by atoms with Crippen molar-refractivity contribution < 1.29 is 14.3 Å². The highest BCUT2D eigenvalue weighted by atomic mass is 16.6. The Hall–Kier alpha value is -1.75. The molecular weight excluding hydrogens is 320 g/mol. The summed E-state index contributed by atoms with van der Waals surface area (Å²) >= 11 is 0. The van der Waals surface area contributed by atoms with Gasteiger partial charge in [0.1, 0.15) is 12.6 Å². The van der Waals surface area contributed by atoms with E-state index in [1.807, 2.05) is 13.8 Å². The van der Waals surface area contributed by atoms with Crippen LogP contribution in [0.3, 0.4) is 0 Å². The van der Waals surface area contributed by atoms with Gasteiger partial charge in [-0.3, -0.25) is 4.79 Å². The van der Waals surface area contributed by atoms with Crippen LogP contribution in [0.1, 0.15) is 52.4 Å². The first kappa shape index (κ1) is 16.7. The van der Waals surface area contributed by atoms with Crippen molar-refractivity contribution in [3.05, 3.63) is 10.4 Å². The van der Waals surface area contributed by atoms with E-state index in [0.29, 0.717) is 17.8 Å².